The zero-order valence-corrected chi connectivity index (χ0v) is 11.5. The lowest BCUT2D eigenvalue weighted by molar-refractivity contribution is -0.125. The molecule has 1 aromatic heterocycles. The van der Waals surface area contributed by atoms with E-state index in [1.165, 1.54) is 31.9 Å². The van der Waals surface area contributed by atoms with Crippen LogP contribution < -0.4 is 5.32 Å². The average molecular weight is 265 g/mol. The van der Waals surface area contributed by atoms with Gasteiger partial charge in [0.25, 0.3) is 0 Å². The topological polar surface area (TPSA) is 62.5 Å². The van der Waals surface area contributed by atoms with E-state index in [4.69, 9.17) is 4.42 Å². The van der Waals surface area contributed by atoms with Gasteiger partial charge < -0.3 is 14.8 Å². The molecule has 4 heteroatoms. The first-order valence-corrected chi connectivity index (χ1v) is 7.16. The molecule has 0 spiro atoms. The molecular weight excluding hydrogens is 242 g/mol. The number of hydrogen-bond acceptors (Lipinski definition) is 3. The van der Waals surface area contributed by atoms with E-state index >= 15 is 0 Å². The summed E-state index contributed by atoms with van der Waals surface area (Å²) < 4.78 is 5.09. The average Bonchev–Trinajstić information content (AvgIpc) is 3.07. The first-order chi connectivity index (χ1) is 9.16. The molecule has 1 aliphatic carbocycles. The Hall–Kier alpha value is -1.29. The minimum Gasteiger partial charge on any atom is -0.467 e. The molecule has 2 atom stereocenters. The highest BCUT2D eigenvalue weighted by Gasteiger charge is 2.22. The van der Waals surface area contributed by atoms with Gasteiger partial charge in [-0.1, -0.05) is 32.6 Å². The van der Waals surface area contributed by atoms with Crippen LogP contribution in [0.25, 0.3) is 0 Å². The molecule has 0 aliphatic heterocycles. The van der Waals surface area contributed by atoms with Crippen LogP contribution in [0.2, 0.25) is 0 Å². The summed E-state index contributed by atoms with van der Waals surface area (Å²) in [4.78, 5) is 12.0. The lowest BCUT2D eigenvalue weighted by Crippen LogP contribution is -2.33. The summed E-state index contributed by atoms with van der Waals surface area (Å²) in [6.45, 7) is 2.17. The van der Waals surface area contributed by atoms with E-state index in [-0.39, 0.29) is 18.4 Å². The van der Waals surface area contributed by atoms with Crippen molar-refractivity contribution in [2.75, 3.05) is 6.54 Å². The molecule has 0 saturated heterocycles. The smallest absolute Gasteiger partial charge is 0.222 e. The van der Waals surface area contributed by atoms with Crippen LogP contribution in [0.5, 0.6) is 0 Å². The first kappa shape index (κ1) is 14.1. The van der Waals surface area contributed by atoms with Crippen LogP contribution in [0.15, 0.2) is 22.8 Å². The van der Waals surface area contributed by atoms with Crippen molar-refractivity contribution in [3.63, 3.8) is 0 Å². The summed E-state index contributed by atoms with van der Waals surface area (Å²) in [5.41, 5.74) is 0. The second-order valence-electron chi connectivity index (χ2n) is 5.56. The number of aliphatic hydroxyl groups excluding tert-OH is 1. The van der Waals surface area contributed by atoms with Crippen molar-refractivity contribution < 1.29 is 14.3 Å². The Morgan fingerprint density at radius 3 is 2.89 bits per heavy atom. The number of amides is 1. The molecule has 1 heterocycles. The van der Waals surface area contributed by atoms with Crippen molar-refractivity contribution in [3.05, 3.63) is 24.2 Å². The minimum absolute atomic E-state index is 0.0203. The van der Waals surface area contributed by atoms with Gasteiger partial charge in [-0.25, -0.2) is 0 Å². The highest BCUT2D eigenvalue weighted by atomic mass is 16.4. The number of hydrogen-bond donors (Lipinski definition) is 2. The van der Waals surface area contributed by atoms with E-state index in [2.05, 4.69) is 5.32 Å². The van der Waals surface area contributed by atoms with E-state index in [1.807, 2.05) is 6.92 Å². The standard InChI is InChI=1S/C15H23NO3/c1-11(9-12-5-2-3-6-12)15(18)16-10-13(17)14-7-4-8-19-14/h4,7-8,11-13,17H,2-3,5-6,9-10H2,1H3,(H,16,18). The highest BCUT2D eigenvalue weighted by molar-refractivity contribution is 5.78. The quantitative estimate of drug-likeness (QED) is 0.831. The van der Waals surface area contributed by atoms with E-state index < -0.39 is 6.10 Å². The van der Waals surface area contributed by atoms with Crippen LogP contribution in [0.3, 0.4) is 0 Å². The molecule has 1 aromatic rings. The third kappa shape index (κ3) is 4.10. The summed E-state index contributed by atoms with van der Waals surface area (Å²) >= 11 is 0. The molecular formula is C15H23NO3. The Bertz CT molecular complexity index is 382. The fraction of sp³-hybridized carbons (Fsp3) is 0.667. The number of carbonyl (C=O) groups is 1. The van der Waals surface area contributed by atoms with E-state index in [9.17, 15) is 9.90 Å². The van der Waals surface area contributed by atoms with E-state index in [0.29, 0.717) is 11.7 Å². The number of furan rings is 1. The molecule has 1 aliphatic rings. The van der Waals surface area contributed by atoms with Gasteiger partial charge in [0.15, 0.2) is 0 Å². The molecule has 2 N–H and O–H groups in total. The van der Waals surface area contributed by atoms with Gasteiger partial charge in [0.2, 0.25) is 5.91 Å². The van der Waals surface area contributed by atoms with Crippen molar-refractivity contribution in [2.45, 2.75) is 45.1 Å². The lowest BCUT2D eigenvalue weighted by Gasteiger charge is -2.17. The maximum atomic E-state index is 12.0. The monoisotopic (exact) mass is 265 g/mol. The number of carbonyl (C=O) groups excluding carboxylic acids is 1. The van der Waals surface area contributed by atoms with Gasteiger partial charge in [-0.3, -0.25) is 4.79 Å². The summed E-state index contributed by atoms with van der Waals surface area (Å²) in [6.07, 6.45) is 6.83. The number of rotatable bonds is 6. The van der Waals surface area contributed by atoms with Gasteiger partial charge in [0, 0.05) is 5.92 Å². The number of nitrogens with one attached hydrogen (secondary N) is 1. The van der Waals surface area contributed by atoms with Gasteiger partial charge in [0.05, 0.1) is 12.8 Å². The zero-order valence-electron chi connectivity index (χ0n) is 11.5. The summed E-state index contributed by atoms with van der Waals surface area (Å²) in [5.74, 6) is 1.24. The van der Waals surface area contributed by atoms with Gasteiger partial charge in [-0.15, -0.1) is 0 Å². The molecule has 19 heavy (non-hydrogen) atoms. The van der Waals surface area contributed by atoms with Crippen LogP contribution in [0, 0.1) is 11.8 Å². The summed E-state index contributed by atoms with van der Waals surface area (Å²) in [6, 6.07) is 3.43. The molecule has 1 saturated carbocycles. The van der Waals surface area contributed by atoms with Crippen LogP contribution in [-0.2, 0) is 4.79 Å². The van der Waals surface area contributed by atoms with Crippen LogP contribution in [0.1, 0.15) is 50.9 Å². The molecule has 1 fully saturated rings. The van der Waals surface area contributed by atoms with Crippen molar-refractivity contribution in [2.24, 2.45) is 11.8 Å². The SMILES string of the molecule is CC(CC1CCCC1)C(=O)NCC(O)c1ccco1. The second-order valence-corrected chi connectivity index (χ2v) is 5.56. The molecule has 1 amide bonds. The predicted molar refractivity (Wildman–Crippen MR) is 72.4 cm³/mol. The Balaban J connectivity index is 1.71. The molecule has 0 bridgehead atoms. The zero-order chi connectivity index (χ0) is 13.7. The lowest BCUT2D eigenvalue weighted by atomic mass is 9.94. The van der Waals surface area contributed by atoms with Crippen molar-refractivity contribution in [3.8, 4) is 0 Å². The fourth-order valence-corrected chi connectivity index (χ4v) is 2.81. The van der Waals surface area contributed by atoms with Crippen molar-refractivity contribution >= 4 is 5.91 Å². The third-order valence-corrected chi connectivity index (χ3v) is 3.95. The van der Waals surface area contributed by atoms with Gasteiger partial charge >= 0.3 is 0 Å². The van der Waals surface area contributed by atoms with E-state index in [1.54, 1.807) is 12.1 Å². The highest BCUT2D eigenvalue weighted by Crippen LogP contribution is 2.30. The third-order valence-electron chi connectivity index (χ3n) is 3.95. The molecule has 0 aromatic carbocycles. The predicted octanol–water partition coefficient (Wildman–Crippen LogP) is 2.65. The maximum Gasteiger partial charge on any atom is 0.222 e. The first-order valence-electron chi connectivity index (χ1n) is 7.16. The second kappa shape index (κ2) is 6.75. The molecule has 2 unspecified atom stereocenters. The van der Waals surface area contributed by atoms with Gasteiger partial charge in [-0.05, 0) is 24.5 Å². The van der Waals surface area contributed by atoms with Crippen molar-refractivity contribution in [1.82, 2.24) is 5.32 Å². The largest absolute Gasteiger partial charge is 0.467 e. The molecule has 106 valence electrons. The summed E-state index contributed by atoms with van der Waals surface area (Å²) in [5, 5.41) is 12.6. The molecule has 4 nitrogen and oxygen atoms in total. The van der Waals surface area contributed by atoms with Crippen LogP contribution >= 0.6 is 0 Å². The Morgan fingerprint density at radius 2 is 2.26 bits per heavy atom. The van der Waals surface area contributed by atoms with Gasteiger partial charge in [-0.2, -0.15) is 0 Å². The van der Waals surface area contributed by atoms with Gasteiger partial charge in [0.1, 0.15) is 11.9 Å². The Labute approximate surface area is 114 Å². The van der Waals surface area contributed by atoms with Crippen molar-refractivity contribution in [1.29, 1.82) is 0 Å². The molecule has 2 rings (SSSR count). The summed E-state index contributed by atoms with van der Waals surface area (Å²) in [7, 11) is 0. The Kier molecular flexibility index (Phi) is 5.02. The Morgan fingerprint density at radius 1 is 1.53 bits per heavy atom. The minimum atomic E-state index is -0.766. The maximum absolute atomic E-state index is 12.0. The number of aliphatic hydroxyl groups is 1. The van der Waals surface area contributed by atoms with Crippen LogP contribution in [0.4, 0.5) is 0 Å². The molecule has 0 radical (unpaired) electrons. The van der Waals surface area contributed by atoms with Crippen LogP contribution in [-0.4, -0.2) is 17.6 Å². The normalized spacial score (nSPS) is 19.3. The fourth-order valence-electron chi connectivity index (χ4n) is 2.81. The van der Waals surface area contributed by atoms with E-state index in [0.717, 1.165) is 6.42 Å².